The Labute approximate surface area is 182 Å². The van der Waals surface area contributed by atoms with Gasteiger partial charge in [-0.15, -0.1) is 0 Å². The molecule has 1 amide bonds. The molecule has 2 heterocycles. The molecule has 4 nitrogen and oxygen atoms in total. The highest BCUT2D eigenvalue weighted by molar-refractivity contribution is 5.82. The van der Waals surface area contributed by atoms with Crippen molar-refractivity contribution in [2.45, 2.75) is 44.6 Å². The number of hydrogen-bond donors (Lipinski definition) is 1. The molecule has 1 aliphatic heterocycles. The highest BCUT2D eigenvalue weighted by Gasteiger charge is 2.25. The van der Waals surface area contributed by atoms with Crippen LogP contribution < -0.4 is 5.32 Å². The van der Waals surface area contributed by atoms with Gasteiger partial charge in [0, 0.05) is 36.5 Å². The summed E-state index contributed by atoms with van der Waals surface area (Å²) in [6.07, 6.45) is 7.98. The molecule has 1 aliphatic carbocycles. The minimum Gasteiger partial charge on any atom is -0.373 e. The molecule has 1 saturated carbocycles. The lowest BCUT2D eigenvalue weighted by Crippen LogP contribution is -2.28. The van der Waals surface area contributed by atoms with E-state index in [9.17, 15) is 9.18 Å². The first-order valence-electron chi connectivity index (χ1n) is 11.2. The molecule has 162 valence electrons. The summed E-state index contributed by atoms with van der Waals surface area (Å²) >= 11 is 0. The molecule has 2 fully saturated rings. The smallest absolute Gasteiger partial charge is 0.219 e. The summed E-state index contributed by atoms with van der Waals surface area (Å²) in [6.45, 7) is 1.67. The zero-order valence-corrected chi connectivity index (χ0v) is 17.7. The average Bonchev–Trinajstić information content (AvgIpc) is 3.63. The van der Waals surface area contributed by atoms with E-state index < -0.39 is 0 Å². The van der Waals surface area contributed by atoms with E-state index in [-0.39, 0.29) is 17.8 Å². The quantitative estimate of drug-likeness (QED) is 0.583. The Hall–Kier alpha value is -2.79. The highest BCUT2D eigenvalue weighted by atomic mass is 19.1. The van der Waals surface area contributed by atoms with Gasteiger partial charge in [-0.25, -0.2) is 4.39 Å². The number of nitrogens with one attached hydrogen (secondary N) is 1. The molecule has 2 aromatic carbocycles. The second-order valence-corrected chi connectivity index (χ2v) is 8.33. The fraction of sp³-hybridized carbons (Fsp3) is 0.385. The van der Waals surface area contributed by atoms with Crippen molar-refractivity contribution in [3.63, 3.8) is 0 Å². The number of ether oxygens (including phenoxy) is 1. The van der Waals surface area contributed by atoms with Crippen molar-refractivity contribution in [3.8, 4) is 0 Å². The van der Waals surface area contributed by atoms with Gasteiger partial charge in [0.2, 0.25) is 5.91 Å². The molecular formula is C26H29FN2O2. The Morgan fingerprint density at radius 2 is 1.87 bits per heavy atom. The Kier molecular flexibility index (Phi) is 7.26. The molecule has 0 spiro atoms. The molecule has 1 N–H and O–H groups in total. The lowest BCUT2D eigenvalue weighted by molar-refractivity contribution is -0.122. The van der Waals surface area contributed by atoms with Crippen molar-refractivity contribution in [2.75, 3.05) is 13.2 Å². The number of nitrogens with zero attached hydrogens (tertiary/aromatic N) is 1. The van der Waals surface area contributed by atoms with E-state index in [2.05, 4.69) is 34.6 Å². The first-order valence-corrected chi connectivity index (χ1v) is 11.2. The maximum atomic E-state index is 13.2. The molecule has 1 unspecified atom stereocenters. The Balaban J connectivity index is 0.000000282. The molecule has 0 radical (unpaired) electrons. The normalized spacial score (nSPS) is 16.9. The maximum Gasteiger partial charge on any atom is 0.219 e. The summed E-state index contributed by atoms with van der Waals surface area (Å²) in [5, 5.41) is 3.86. The summed E-state index contributed by atoms with van der Waals surface area (Å²) in [6, 6.07) is 16.9. The SMILES string of the molecule is Fc1ccc(CC(OCC2CC2)c2cccc3cccnc23)cc1.O=C1CCCCN1. The van der Waals surface area contributed by atoms with Crippen molar-refractivity contribution >= 4 is 16.8 Å². The molecule has 1 aromatic heterocycles. The maximum absolute atomic E-state index is 13.2. The number of carbonyl (C=O) groups is 1. The number of para-hydroxylation sites is 1. The number of benzene rings is 2. The second-order valence-electron chi connectivity index (χ2n) is 8.33. The van der Waals surface area contributed by atoms with Gasteiger partial charge in [-0.05, 0) is 55.4 Å². The van der Waals surface area contributed by atoms with E-state index in [1.807, 2.05) is 24.4 Å². The van der Waals surface area contributed by atoms with Crippen LogP contribution in [0.15, 0.2) is 60.8 Å². The van der Waals surface area contributed by atoms with Gasteiger partial charge in [-0.2, -0.15) is 0 Å². The third-order valence-corrected chi connectivity index (χ3v) is 5.73. The van der Waals surface area contributed by atoms with Crippen LogP contribution in [0.5, 0.6) is 0 Å². The van der Waals surface area contributed by atoms with Gasteiger partial charge in [0.05, 0.1) is 18.2 Å². The summed E-state index contributed by atoms with van der Waals surface area (Å²) in [7, 11) is 0. The molecule has 0 bridgehead atoms. The predicted octanol–water partition coefficient (Wildman–Crippen LogP) is 5.37. The highest BCUT2D eigenvalue weighted by Crippen LogP contribution is 2.33. The van der Waals surface area contributed by atoms with Crippen LogP contribution >= 0.6 is 0 Å². The molecule has 31 heavy (non-hydrogen) atoms. The largest absolute Gasteiger partial charge is 0.373 e. The van der Waals surface area contributed by atoms with Crippen LogP contribution in [0.2, 0.25) is 0 Å². The van der Waals surface area contributed by atoms with Gasteiger partial charge in [0.25, 0.3) is 0 Å². The van der Waals surface area contributed by atoms with Crippen molar-refractivity contribution in [1.29, 1.82) is 0 Å². The number of pyridine rings is 1. The van der Waals surface area contributed by atoms with E-state index in [1.54, 1.807) is 0 Å². The summed E-state index contributed by atoms with van der Waals surface area (Å²) in [5.41, 5.74) is 3.17. The lowest BCUT2D eigenvalue weighted by atomic mass is 9.98. The number of piperidine rings is 1. The van der Waals surface area contributed by atoms with Gasteiger partial charge >= 0.3 is 0 Å². The third-order valence-electron chi connectivity index (χ3n) is 5.73. The average molecular weight is 421 g/mol. The van der Waals surface area contributed by atoms with Gasteiger partial charge in [0.1, 0.15) is 5.82 Å². The lowest BCUT2D eigenvalue weighted by Gasteiger charge is -2.20. The van der Waals surface area contributed by atoms with Crippen LogP contribution in [0.1, 0.15) is 49.3 Å². The summed E-state index contributed by atoms with van der Waals surface area (Å²) in [4.78, 5) is 14.9. The van der Waals surface area contributed by atoms with Gasteiger partial charge < -0.3 is 10.1 Å². The van der Waals surface area contributed by atoms with Gasteiger partial charge in [-0.3, -0.25) is 9.78 Å². The van der Waals surface area contributed by atoms with Crippen molar-refractivity contribution in [3.05, 3.63) is 77.7 Å². The molecule has 3 aromatic rings. The van der Waals surface area contributed by atoms with E-state index in [0.717, 1.165) is 60.9 Å². The van der Waals surface area contributed by atoms with Crippen molar-refractivity contribution in [1.82, 2.24) is 10.3 Å². The van der Waals surface area contributed by atoms with Crippen LogP contribution in [0.4, 0.5) is 4.39 Å². The molecule has 1 saturated heterocycles. The van der Waals surface area contributed by atoms with Crippen molar-refractivity contribution in [2.24, 2.45) is 5.92 Å². The van der Waals surface area contributed by atoms with Crippen LogP contribution in [-0.4, -0.2) is 24.0 Å². The van der Waals surface area contributed by atoms with Gasteiger partial charge in [-0.1, -0.05) is 36.4 Å². The first-order chi connectivity index (χ1) is 15.2. The molecule has 5 heteroatoms. The molecule has 5 rings (SSSR count). The fourth-order valence-corrected chi connectivity index (χ4v) is 3.74. The third kappa shape index (κ3) is 6.34. The minimum absolute atomic E-state index is 0.0605. The molecule has 1 atom stereocenters. The number of carbonyl (C=O) groups excluding carboxylic acids is 1. The first kappa shape index (κ1) is 21.4. The number of fused-ring (bicyclic) bond motifs is 1. The number of halogens is 1. The number of rotatable bonds is 6. The zero-order valence-electron chi connectivity index (χ0n) is 17.7. The predicted molar refractivity (Wildman–Crippen MR) is 120 cm³/mol. The molecule has 2 aliphatic rings. The van der Waals surface area contributed by atoms with Crippen LogP contribution in [0, 0.1) is 11.7 Å². The standard InChI is InChI=1S/C21H20FNO.C5H9NO/c22-18-10-8-15(9-11-18)13-20(24-14-16-6-7-16)19-5-1-3-17-4-2-12-23-21(17)19;7-5-3-1-2-4-6-5/h1-5,8-12,16,20H,6-7,13-14H2;1-4H2,(H,6,7). The monoisotopic (exact) mass is 420 g/mol. The summed E-state index contributed by atoms with van der Waals surface area (Å²) < 4.78 is 19.4. The fourth-order valence-electron chi connectivity index (χ4n) is 3.74. The number of aromatic nitrogens is 1. The van der Waals surface area contributed by atoms with E-state index >= 15 is 0 Å². The van der Waals surface area contributed by atoms with Crippen LogP contribution in [-0.2, 0) is 16.0 Å². The number of amides is 1. The van der Waals surface area contributed by atoms with Crippen LogP contribution in [0.25, 0.3) is 10.9 Å². The van der Waals surface area contributed by atoms with Gasteiger partial charge in [0.15, 0.2) is 0 Å². The second kappa shape index (κ2) is 10.5. The van der Waals surface area contributed by atoms with Crippen molar-refractivity contribution < 1.29 is 13.9 Å². The molecular weight excluding hydrogens is 391 g/mol. The number of hydrogen-bond acceptors (Lipinski definition) is 3. The minimum atomic E-state index is -0.207. The topological polar surface area (TPSA) is 51.2 Å². The van der Waals surface area contributed by atoms with E-state index in [1.165, 1.54) is 25.0 Å². The van der Waals surface area contributed by atoms with E-state index in [0.29, 0.717) is 5.92 Å². The summed E-state index contributed by atoms with van der Waals surface area (Å²) in [5.74, 6) is 0.705. The zero-order chi connectivity index (χ0) is 21.5. The Bertz CT molecular complexity index is 988. The van der Waals surface area contributed by atoms with E-state index in [4.69, 9.17) is 4.74 Å². The Morgan fingerprint density at radius 3 is 2.55 bits per heavy atom. The Morgan fingerprint density at radius 1 is 1.06 bits per heavy atom. The van der Waals surface area contributed by atoms with Crippen LogP contribution in [0.3, 0.4) is 0 Å².